The van der Waals surface area contributed by atoms with E-state index in [4.69, 9.17) is 0 Å². The molecule has 0 saturated heterocycles. The van der Waals surface area contributed by atoms with Gasteiger partial charge in [0, 0.05) is 9.79 Å². The summed E-state index contributed by atoms with van der Waals surface area (Å²) in [5.74, 6) is 0. The van der Waals surface area contributed by atoms with Gasteiger partial charge in [0.25, 0.3) is 0 Å². The highest BCUT2D eigenvalue weighted by Gasteiger charge is 2.00. The van der Waals surface area contributed by atoms with E-state index in [-0.39, 0.29) is 0 Å². The van der Waals surface area contributed by atoms with E-state index >= 15 is 0 Å². The number of benzene rings is 2. The van der Waals surface area contributed by atoms with Crippen molar-refractivity contribution in [3.05, 3.63) is 60.2 Å². The highest BCUT2D eigenvalue weighted by atomic mass is 32.2. The van der Waals surface area contributed by atoms with Crippen molar-refractivity contribution in [2.75, 3.05) is 0 Å². The predicted molar refractivity (Wildman–Crippen MR) is 140 cm³/mol. The van der Waals surface area contributed by atoms with Crippen LogP contribution in [-0.4, -0.2) is 0 Å². The molecule has 0 aliphatic heterocycles. The van der Waals surface area contributed by atoms with Crippen LogP contribution in [0.4, 0.5) is 0 Å². The molecule has 0 spiro atoms. The van der Waals surface area contributed by atoms with Crippen molar-refractivity contribution in [3.63, 3.8) is 0 Å². The maximum Gasteiger partial charge on any atom is 0.0125 e. The molecule has 2 aromatic rings. The van der Waals surface area contributed by atoms with Crippen LogP contribution in [0.3, 0.4) is 0 Å². The van der Waals surface area contributed by atoms with Crippen LogP contribution < -0.4 is 0 Å². The Hall–Kier alpha value is -1.21. The summed E-state index contributed by atoms with van der Waals surface area (Å²) in [6.45, 7) is 2.30. The van der Waals surface area contributed by atoms with Gasteiger partial charge in [-0.2, -0.15) is 0 Å². The zero-order valence-electron chi connectivity index (χ0n) is 20.1. The van der Waals surface area contributed by atoms with Gasteiger partial charge < -0.3 is 0 Å². The fourth-order valence-electron chi connectivity index (χ4n) is 4.27. The largest absolute Gasteiger partial charge is 0.0901 e. The Morgan fingerprint density at radius 2 is 0.968 bits per heavy atom. The number of hydrogen-bond donors (Lipinski definition) is 0. The van der Waals surface area contributed by atoms with Crippen LogP contribution in [0.5, 0.6) is 0 Å². The van der Waals surface area contributed by atoms with Crippen LogP contribution >= 0.6 is 11.8 Å². The number of rotatable bonds is 19. The molecule has 0 radical (unpaired) electrons. The van der Waals surface area contributed by atoms with Crippen molar-refractivity contribution in [2.24, 2.45) is 0 Å². The second-order valence-electron chi connectivity index (χ2n) is 9.12. The molecule has 0 bridgehead atoms. The lowest BCUT2D eigenvalue weighted by molar-refractivity contribution is 0.529. The van der Waals surface area contributed by atoms with Gasteiger partial charge >= 0.3 is 0 Å². The van der Waals surface area contributed by atoms with E-state index in [0.29, 0.717) is 0 Å². The Kier molecular flexibility index (Phi) is 15.4. The van der Waals surface area contributed by atoms with Crippen molar-refractivity contribution >= 4 is 11.8 Å². The summed E-state index contributed by atoms with van der Waals surface area (Å²) in [6, 6.07) is 19.8. The molecule has 0 heterocycles. The van der Waals surface area contributed by atoms with Gasteiger partial charge in [0.05, 0.1) is 0 Å². The van der Waals surface area contributed by atoms with Gasteiger partial charge in [0.2, 0.25) is 0 Å². The number of hydrogen-bond acceptors (Lipinski definition) is 1. The Labute approximate surface area is 197 Å². The molecule has 1 heteroatoms. The van der Waals surface area contributed by atoms with Crippen LogP contribution in [0.2, 0.25) is 0 Å². The third-order valence-electron chi connectivity index (χ3n) is 6.20. The first-order valence-corrected chi connectivity index (χ1v) is 14.0. The summed E-state index contributed by atoms with van der Waals surface area (Å²) < 4.78 is 0. The lowest BCUT2D eigenvalue weighted by Crippen LogP contribution is -1.87. The molecule has 0 nitrogen and oxygen atoms in total. The van der Waals surface area contributed by atoms with Crippen molar-refractivity contribution in [3.8, 4) is 0 Å². The third kappa shape index (κ3) is 13.7. The molecular weight excluding hydrogens is 392 g/mol. The maximum absolute atomic E-state index is 2.38. The van der Waals surface area contributed by atoms with Gasteiger partial charge in [-0.05, 0) is 42.7 Å². The fraction of sp³-hybridized carbons (Fsp3) is 0.600. The summed E-state index contributed by atoms with van der Waals surface area (Å²) in [5.41, 5.74) is 1.49. The van der Waals surface area contributed by atoms with Crippen molar-refractivity contribution in [2.45, 2.75) is 126 Å². The smallest absolute Gasteiger partial charge is 0.0125 e. The highest BCUT2D eigenvalue weighted by molar-refractivity contribution is 7.99. The molecule has 0 aliphatic carbocycles. The van der Waals surface area contributed by atoms with E-state index in [1.807, 2.05) is 11.8 Å². The van der Waals surface area contributed by atoms with Gasteiger partial charge in [-0.1, -0.05) is 145 Å². The lowest BCUT2D eigenvalue weighted by atomic mass is 10.0. The molecule has 2 rings (SSSR count). The zero-order chi connectivity index (χ0) is 21.8. The van der Waals surface area contributed by atoms with E-state index in [1.54, 1.807) is 0 Å². The lowest BCUT2D eigenvalue weighted by Gasteiger charge is -2.06. The van der Waals surface area contributed by atoms with Crippen LogP contribution in [0, 0.1) is 0 Å². The van der Waals surface area contributed by atoms with Crippen molar-refractivity contribution in [1.82, 2.24) is 0 Å². The maximum atomic E-state index is 2.38. The number of unbranched alkanes of at least 4 members (excludes halogenated alkanes) is 15. The molecule has 0 amide bonds. The van der Waals surface area contributed by atoms with Crippen LogP contribution in [0.25, 0.3) is 0 Å². The monoisotopic (exact) mass is 438 g/mol. The first kappa shape index (κ1) is 26.0. The minimum Gasteiger partial charge on any atom is -0.0901 e. The van der Waals surface area contributed by atoms with Gasteiger partial charge in [0.1, 0.15) is 0 Å². The quantitative estimate of drug-likeness (QED) is 0.196. The second-order valence-corrected chi connectivity index (χ2v) is 10.3. The highest BCUT2D eigenvalue weighted by Crippen LogP contribution is 2.28. The van der Waals surface area contributed by atoms with Gasteiger partial charge in [0.15, 0.2) is 0 Å². The molecule has 2 aromatic carbocycles. The summed E-state index contributed by atoms with van der Waals surface area (Å²) >= 11 is 1.87. The summed E-state index contributed by atoms with van der Waals surface area (Å²) in [5, 5.41) is 0. The fourth-order valence-corrected chi connectivity index (χ4v) is 5.19. The Morgan fingerprint density at radius 3 is 1.52 bits per heavy atom. The van der Waals surface area contributed by atoms with Gasteiger partial charge in [-0.15, -0.1) is 0 Å². The van der Waals surface area contributed by atoms with E-state index in [1.165, 1.54) is 125 Å². The third-order valence-corrected chi connectivity index (χ3v) is 7.19. The molecule has 0 aromatic heterocycles. The second kappa shape index (κ2) is 18.4. The van der Waals surface area contributed by atoms with E-state index in [9.17, 15) is 0 Å². The molecule has 0 aliphatic rings. The average Bonchev–Trinajstić information content (AvgIpc) is 2.80. The number of aryl methyl sites for hydroxylation is 1. The molecular formula is C30H46S. The SMILES string of the molecule is CCCCCCCCCCCCCCCCCCc1cccc(Sc2ccccc2)c1. The Morgan fingerprint density at radius 1 is 0.484 bits per heavy atom. The molecule has 172 valence electrons. The molecule has 0 fully saturated rings. The summed E-state index contributed by atoms with van der Waals surface area (Å²) in [6.07, 6.45) is 24.2. The van der Waals surface area contributed by atoms with E-state index < -0.39 is 0 Å². The summed E-state index contributed by atoms with van der Waals surface area (Å²) in [7, 11) is 0. The van der Waals surface area contributed by atoms with E-state index in [0.717, 1.165) is 0 Å². The topological polar surface area (TPSA) is 0 Å². The molecule has 0 unspecified atom stereocenters. The first-order chi connectivity index (χ1) is 15.4. The van der Waals surface area contributed by atoms with Crippen LogP contribution in [-0.2, 0) is 6.42 Å². The van der Waals surface area contributed by atoms with E-state index in [2.05, 4.69) is 61.5 Å². The summed E-state index contributed by atoms with van der Waals surface area (Å²) in [4.78, 5) is 2.68. The molecule has 0 N–H and O–H groups in total. The Balaban J connectivity index is 1.39. The minimum absolute atomic E-state index is 1.22. The molecule has 0 saturated carbocycles. The molecule has 31 heavy (non-hydrogen) atoms. The van der Waals surface area contributed by atoms with Crippen molar-refractivity contribution < 1.29 is 0 Å². The standard InChI is InChI=1S/C30H46S/c1-2-3-4-5-6-7-8-9-10-11-12-13-14-15-16-18-22-28-23-21-26-30(27-28)31-29-24-19-17-20-25-29/h17,19-21,23-27H,2-16,18,22H2,1H3. The molecule has 0 atom stereocenters. The Bertz CT molecular complexity index is 648. The average molecular weight is 439 g/mol. The van der Waals surface area contributed by atoms with Gasteiger partial charge in [-0.3, -0.25) is 0 Å². The normalized spacial score (nSPS) is 11.1. The predicted octanol–water partition coefficient (Wildman–Crippen LogP) is 10.6. The van der Waals surface area contributed by atoms with Gasteiger partial charge in [-0.25, -0.2) is 0 Å². The van der Waals surface area contributed by atoms with Crippen LogP contribution in [0.15, 0.2) is 64.4 Å². The minimum atomic E-state index is 1.22. The first-order valence-electron chi connectivity index (χ1n) is 13.2. The van der Waals surface area contributed by atoms with Crippen LogP contribution in [0.1, 0.15) is 115 Å². The van der Waals surface area contributed by atoms with Crippen molar-refractivity contribution in [1.29, 1.82) is 0 Å². The zero-order valence-corrected chi connectivity index (χ0v) is 20.9.